The van der Waals surface area contributed by atoms with Crippen molar-refractivity contribution in [2.24, 2.45) is 0 Å². The summed E-state index contributed by atoms with van der Waals surface area (Å²) in [5.74, 6) is 0. The van der Waals surface area contributed by atoms with Crippen molar-refractivity contribution in [1.82, 2.24) is 0 Å². The summed E-state index contributed by atoms with van der Waals surface area (Å²) in [5.41, 5.74) is 3.87. The van der Waals surface area contributed by atoms with E-state index < -0.39 is 0 Å². The number of nitrogens with one attached hydrogen (secondary N) is 1. The lowest BCUT2D eigenvalue weighted by atomic mass is 9.99. The number of rotatable bonds is 5. The molecule has 2 heteroatoms. The van der Waals surface area contributed by atoms with Gasteiger partial charge in [0.25, 0.3) is 0 Å². The number of benzene rings is 2. The van der Waals surface area contributed by atoms with E-state index in [0.29, 0.717) is 6.04 Å². The van der Waals surface area contributed by atoms with Gasteiger partial charge >= 0.3 is 0 Å². The molecule has 2 aromatic carbocycles. The maximum atomic E-state index is 3.63. The molecule has 0 fully saturated rings. The molecule has 0 radical (unpaired) electrons. The van der Waals surface area contributed by atoms with Crippen molar-refractivity contribution in [2.75, 3.05) is 5.32 Å². The Morgan fingerprint density at radius 1 is 0.850 bits per heavy atom. The fraction of sp³-hybridized carbons (Fsp3) is 0.111. The molecule has 0 aliphatic carbocycles. The Balaban J connectivity index is 1.83. The fourth-order valence-electron chi connectivity index (χ4n) is 2.34. The second kappa shape index (κ2) is 6.40. The van der Waals surface area contributed by atoms with Gasteiger partial charge in [0.15, 0.2) is 0 Å². The molecule has 100 valence electrons. The van der Waals surface area contributed by atoms with E-state index in [1.54, 1.807) is 11.3 Å². The molecule has 3 rings (SSSR count). The smallest absolute Gasteiger partial charge is 0.0554 e. The fourth-order valence-corrected chi connectivity index (χ4v) is 2.93. The zero-order valence-corrected chi connectivity index (χ0v) is 12.0. The van der Waals surface area contributed by atoms with E-state index in [2.05, 4.69) is 82.8 Å². The van der Waals surface area contributed by atoms with Crippen molar-refractivity contribution in [3.8, 4) is 0 Å². The molecule has 1 heterocycles. The largest absolute Gasteiger partial charge is 0.377 e. The van der Waals surface area contributed by atoms with Crippen LogP contribution in [-0.4, -0.2) is 0 Å². The van der Waals surface area contributed by atoms with Gasteiger partial charge in [-0.1, -0.05) is 60.7 Å². The zero-order chi connectivity index (χ0) is 13.6. The van der Waals surface area contributed by atoms with E-state index in [0.717, 1.165) is 6.42 Å². The number of hydrogen-bond acceptors (Lipinski definition) is 2. The van der Waals surface area contributed by atoms with Crippen LogP contribution in [0.3, 0.4) is 0 Å². The lowest BCUT2D eigenvalue weighted by molar-refractivity contribution is 0.776. The van der Waals surface area contributed by atoms with Crippen LogP contribution in [0.1, 0.15) is 17.2 Å². The average Bonchev–Trinajstić information content (AvgIpc) is 3.02. The minimum atomic E-state index is 0.299. The highest BCUT2D eigenvalue weighted by molar-refractivity contribution is 7.08. The van der Waals surface area contributed by atoms with Crippen LogP contribution >= 0.6 is 11.3 Å². The Morgan fingerprint density at radius 2 is 1.55 bits per heavy atom. The van der Waals surface area contributed by atoms with Crippen LogP contribution in [0.5, 0.6) is 0 Å². The van der Waals surface area contributed by atoms with Crippen LogP contribution in [0.25, 0.3) is 0 Å². The first kappa shape index (κ1) is 12.9. The molecular weight excluding hydrogens is 262 g/mol. The summed E-state index contributed by atoms with van der Waals surface area (Å²) >= 11 is 1.72. The van der Waals surface area contributed by atoms with Crippen molar-refractivity contribution in [3.63, 3.8) is 0 Å². The van der Waals surface area contributed by atoms with Crippen molar-refractivity contribution < 1.29 is 0 Å². The molecule has 0 aliphatic rings. The Kier molecular flexibility index (Phi) is 4.14. The summed E-state index contributed by atoms with van der Waals surface area (Å²) in [6.45, 7) is 0. The first-order valence-corrected chi connectivity index (χ1v) is 7.74. The molecule has 0 amide bonds. The highest BCUT2D eigenvalue weighted by Crippen LogP contribution is 2.24. The monoisotopic (exact) mass is 279 g/mol. The number of hydrogen-bond donors (Lipinski definition) is 1. The van der Waals surface area contributed by atoms with Gasteiger partial charge in [0, 0.05) is 11.1 Å². The Labute approximate surface area is 123 Å². The van der Waals surface area contributed by atoms with Gasteiger partial charge in [-0.2, -0.15) is 11.3 Å². The molecule has 1 nitrogen and oxygen atoms in total. The molecule has 20 heavy (non-hydrogen) atoms. The minimum absolute atomic E-state index is 0.299. The van der Waals surface area contributed by atoms with Gasteiger partial charge in [0.2, 0.25) is 0 Å². The van der Waals surface area contributed by atoms with E-state index in [1.807, 2.05) is 0 Å². The van der Waals surface area contributed by atoms with Gasteiger partial charge in [0.05, 0.1) is 6.04 Å². The van der Waals surface area contributed by atoms with Crippen molar-refractivity contribution in [2.45, 2.75) is 12.5 Å². The van der Waals surface area contributed by atoms with Gasteiger partial charge in [0.1, 0.15) is 0 Å². The molecule has 1 unspecified atom stereocenters. The molecule has 0 spiro atoms. The first-order valence-electron chi connectivity index (χ1n) is 6.79. The number of thiophene rings is 1. The lowest BCUT2D eigenvalue weighted by Gasteiger charge is -2.20. The summed E-state index contributed by atoms with van der Waals surface area (Å²) in [6.07, 6.45) is 0.987. The summed E-state index contributed by atoms with van der Waals surface area (Å²) in [6, 6.07) is 23.7. The van der Waals surface area contributed by atoms with E-state index in [-0.39, 0.29) is 0 Å². The van der Waals surface area contributed by atoms with Gasteiger partial charge in [-0.15, -0.1) is 0 Å². The highest BCUT2D eigenvalue weighted by atomic mass is 32.1. The van der Waals surface area contributed by atoms with E-state index >= 15 is 0 Å². The molecule has 1 atom stereocenters. The van der Waals surface area contributed by atoms with Gasteiger partial charge in [-0.25, -0.2) is 0 Å². The van der Waals surface area contributed by atoms with E-state index in [9.17, 15) is 0 Å². The Hall–Kier alpha value is -2.06. The minimum Gasteiger partial charge on any atom is -0.377 e. The molecule has 3 aromatic rings. The van der Waals surface area contributed by atoms with Crippen molar-refractivity contribution in [3.05, 3.63) is 88.6 Å². The topological polar surface area (TPSA) is 12.0 Å². The lowest BCUT2D eigenvalue weighted by Crippen LogP contribution is -2.13. The predicted molar refractivity (Wildman–Crippen MR) is 87.3 cm³/mol. The normalized spacial score (nSPS) is 12.0. The van der Waals surface area contributed by atoms with Crippen LogP contribution in [-0.2, 0) is 6.42 Å². The molecular formula is C18H17NS. The van der Waals surface area contributed by atoms with E-state index in [1.165, 1.54) is 16.8 Å². The second-order valence-corrected chi connectivity index (χ2v) is 5.59. The average molecular weight is 279 g/mol. The maximum Gasteiger partial charge on any atom is 0.0554 e. The van der Waals surface area contributed by atoms with Crippen LogP contribution in [0.15, 0.2) is 77.5 Å². The Morgan fingerprint density at radius 3 is 2.20 bits per heavy atom. The molecule has 0 saturated heterocycles. The standard InChI is InChI=1S/C18H17NS/c1-3-7-15(8-4-1)13-18(16-9-5-2-6-10-16)19-17-11-12-20-14-17/h1-12,14,18-19H,13H2. The quantitative estimate of drug-likeness (QED) is 0.681. The summed E-state index contributed by atoms with van der Waals surface area (Å²) < 4.78 is 0. The van der Waals surface area contributed by atoms with Gasteiger partial charge in [-0.3, -0.25) is 0 Å². The van der Waals surface area contributed by atoms with Gasteiger partial charge in [-0.05, 0) is 29.0 Å². The second-order valence-electron chi connectivity index (χ2n) is 4.81. The summed E-state index contributed by atoms with van der Waals surface area (Å²) in [7, 11) is 0. The third kappa shape index (κ3) is 3.28. The third-order valence-corrected chi connectivity index (χ3v) is 4.03. The molecule has 1 N–H and O–H groups in total. The SMILES string of the molecule is c1ccc(CC(Nc2ccsc2)c2ccccc2)cc1. The first-order chi connectivity index (χ1) is 9.92. The zero-order valence-electron chi connectivity index (χ0n) is 11.2. The molecule has 1 aromatic heterocycles. The predicted octanol–water partition coefficient (Wildman–Crippen LogP) is 5.14. The van der Waals surface area contributed by atoms with Crippen molar-refractivity contribution in [1.29, 1.82) is 0 Å². The van der Waals surface area contributed by atoms with Crippen LogP contribution in [0.2, 0.25) is 0 Å². The van der Waals surface area contributed by atoms with Crippen LogP contribution in [0.4, 0.5) is 5.69 Å². The van der Waals surface area contributed by atoms with Crippen LogP contribution < -0.4 is 5.32 Å². The molecule has 0 bridgehead atoms. The molecule has 0 saturated carbocycles. The summed E-state index contributed by atoms with van der Waals surface area (Å²) in [5, 5.41) is 7.89. The third-order valence-electron chi connectivity index (χ3n) is 3.35. The van der Waals surface area contributed by atoms with Gasteiger partial charge < -0.3 is 5.32 Å². The van der Waals surface area contributed by atoms with Crippen LogP contribution in [0, 0.1) is 0 Å². The molecule has 0 aliphatic heterocycles. The van der Waals surface area contributed by atoms with E-state index in [4.69, 9.17) is 0 Å². The Bertz CT molecular complexity index is 617. The maximum absolute atomic E-state index is 3.63. The highest BCUT2D eigenvalue weighted by Gasteiger charge is 2.12. The van der Waals surface area contributed by atoms with Crippen molar-refractivity contribution >= 4 is 17.0 Å². The summed E-state index contributed by atoms with van der Waals surface area (Å²) in [4.78, 5) is 0. The number of anilines is 1.